The van der Waals surface area contributed by atoms with Crippen molar-refractivity contribution in [1.29, 1.82) is 0 Å². The first-order chi connectivity index (χ1) is 7.58. The summed E-state index contributed by atoms with van der Waals surface area (Å²) in [6.07, 6.45) is 0. The van der Waals surface area contributed by atoms with Gasteiger partial charge in [0, 0.05) is 11.8 Å². The van der Waals surface area contributed by atoms with Crippen molar-refractivity contribution >= 4 is 34.8 Å². The molecule has 0 spiro atoms. The van der Waals surface area contributed by atoms with Gasteiger partial charge in [0.15, 0.2) is 16.3 Å². The van der Waals surface area contributed by atoms with E-state index in [1.807, 2.05) is 6.92 Å². The molecule has 1 amide bonds. The molecule has 1 aliphatic rings. The van der Waals surface area contributed by atoms with E-state index in [0.29, 0.717) is 17.2 Å². The number of nitrogens with one attached hydrogen (secondary N) is 1. The first-order valence-electron chi connectivity index (χ1n) is 4.57. The number of hydrogen-bond donors (Lipinski definition) is 1. The Balaban J connectivity index is 2.24. The summed E-state index contributed by atoms with van der Waals surface area (Å²) < 4.78 is 10.5. The van der Waals surface area contributed by atoms with E-state index in [-0.39, 0.29) is 6.79 Å². The summed E-state index contributed by atoms with van der Waals surface area (Å²) >= 11 is 10.9. The molecule has 0 aliphatic carbocycles. The molecule has 0 atom stereocenters. The summed E-state index contributed by atoms with van der Waals surface area (Å²) in [5.41, 5.74) is 1.46. The third-order valence-electron chi connectivity index (χ3n) is 2.12. The highest BCUT2D eigenvalue weighted by molar-refractivity contribution is 6.54. The van der Waals surface area contributed by atoms with E-state index < -0.39 is 10.7 Å². The molecule has 1 aromatic rings. The maximum atomic E-state index is 11.3. The molecule has 86 valence electrons. The van der Waals surface area contributed by atoms with Crippen LogP contribution in [0.4, 0.5) is 5.69 Å². The number of fused-ring (bicyclic) bond motifs is 1. The number of carbonyl (C=O) groups excluding carboxylic acids is 1. The monoisotopic (exact) mass is 261 g/mol. The van der Waals surface area contributed by atoms with Crippen LogP contribution in [0.3, 0.4) is 0 Å². The number of anilines is 1. The normalized spacial score (nSPS) is 13.0. The minimum Gasteiger partial charge on any atom is -0.454 e. The van der Waals surface area contributed by atoms with Crippen LogP contribution in [0.2, 0.25) is 0 Å². The fourth-order valence-corrected chi connectivity index (χ4v) is 1.56. The highest BCUT2D eigenvalue weighted by Gasteiger charge is 2.18. The Hall–Kier alpha value is -1.13. The van der Waals surface area contributed by atoms with Crippen LogP contribution in [0.25, 0.3) is 0 Å². The summed E-state index contributed by atoms with van der Waals surface area (Å²) in [7, 11) is 0. The predicted octanol–water partition coefficient (Wildman–Crippen LogP) is 2.47. The van der Waals surface area contributed by atoms with Crippen molar-refractivity contribution in [2.24, 2.45) is 0 Å². The number of carbonyl (C=O) groups is 1. The highest BCUT2D eigenvalue weighted by Crippen LogP contribution is 2.37. The second-order valence-electron chi connectivity index (χ2n) is 3.32. The van der Waals surface area contributed by atoms with Crippen molar-refractivity contribution in [3.8, 4) is 11.5 Å². The van der Waals surface area contributed by atoms with Gasteiger partial charge in [-0.05, 0) is 18.6 Å². The van der Waals surface area contributed by atoms with Crippen molar-refractivity contribution in [1.82, 2.24) is 0 Å². The molecule has 0 saturated heterocycles. The fourth-order valence-electron chi connectivity index (χ4n) is 1.45. The summed E-state index contributed by atoms with van der Waals surface area (Å²) in [6.45, 7) is 2.06. The average Bonchev–Trinajstić information content (AvgIpc) is 2.65. The fraction of sp³-hybridized carbons (Fsp3) is 0.300. The van der Waals surface area contributed by atoms with E-state index in [1.54, 1.807) is 12.1 Å². The van der Waals surface area contributed by atoms with Gasteiger partial charge in [0.05, 0.1) is 0 Å². The van der Waals surface area contributed by atoms with Gasteiger partial charge in [0.1, 0.15) is 0 Å². The summed E-state index contributed by atoms with van der Waals surface area (Å²) in [5, 5.41) is 2.57. The topological polar surface area (TPSA) is 47.6 Å². The van der Waals surface area contributed by atoms with Gasteiger partial charge in [-0.1, -0.05) is 23.2 Å². The third kappa shape index (κ3) is 2.18. The Morgan fingerprint density at radius 2 is 2.19 bits per heavy atom. The molecule has 1 aliphatic heterocycles. The van der Waals surface area contributed by atoms with Gasteiger partial charge in [0.2, 0.25) is 6.79 Å². The van der Waals surface area contributed by atoms with Gasteiger partial charge in [-0.25, -0.2) is 0 Å². The summed E-state index contributed by atoms with van der Waals surface area (Å²) in [4.78, 5) is 10.2. The smallest absolute Gasteiger partial charge is 0.257 e. The highest BCUT2D eigenvalue weighted by atomic mass is 35.5. The van der Waals surface area contributed by atoms with Crippen LogP contribution in [0.1, 0.15) is 5.56 Å². The number of benzene rings is 1. The Morgan fingerprint density at radius 1 is 1.44 bits per heavy atom. The number of amides is 1. The molecule has 0 unspecified atom stereocenters. The van der Waals surface area contributed by atoms with Crippen molar-refractivity contribution in [2.75, 3.05) is 12.1 Å². The van der Waals surface area contributed by atoms with Crippen molar-refractivity contribution in [3.63, 3.8) is 0 Å². The first kappa shape index (κ1) is 11.4. The van der Waals surface area contributed by atoms with Crippen LogP contribution in [0.15, 0.2) is 12.1 Å². The second kappa shape index (κ2) is 4.39. The number of alkyl halides is 2. The van der Waals surface area contributed by atoms with Crippen LogP contribution in [-0.2, 0) is 4.79 Å². The average molecular weight is 262 g/mol. The molecule has 1 aromatic carbocycles. The largest absolute Gasteiger partial charge is 0.454 e. The molecule has 16 heavy (non-hydrogen) atoms. The van der Waals surface area contributed by atoms with Gasteiger partial charge in [0.25, 0.3) is 5.91 Å². The van der Waals surface area contributed by atoms with Crippen molar-refractivity contribution in [2.45, 2.75) is 11.8 Å². The van der Waals surface area contributed by atoms with E-state index in [4.69, 9.17) is 32.7 Å². The SMILES string of the molecule is Cc1cc(NC(=O)C(Cl)Cl)cc2c1OCO2. The Labute approximate surface area is 102 Å². The minimum atomic E-state index is -1.09. The zero-order valence-corrected chi connectivity index (χ0v) is 9.93. The lowest BCUT2D eigenvalue weighted by molar-refractivity contribution is -0.114. The molecular formula is C10H9Cl2NO3. The molecule has 0 radical (unpaired) electrons. The maximum Gasteiger partial charge on any atom is 0.257 e. The van der Waals surface area contributed by atoms with E-state index in [1.165, 1.54) is 0 Å². The Morgan fingerprint density at radius 3 is 2.88 bits per heavy atom. The Kier molecular flexibility index (Phi) is 3.12. The number of rotatable bonds is 2. The number of halogens is 2. The molecule has 1 heterocycles. The minimum absolute atomic E-state index is 0.196. The molecular weight excluding hydrogens is 253 g/mol. The molecule has 1 N–H and O–H groups in total. The van der Waals surface area contributed by atoms with Crippen molar-refractivity contribution < 1.29 is 14.3 Å². The van der Waals surface area contributed by atoms with Crippen LogP contribution < -0.4 is 14.8 Å². The van der Waals surface area contributed by atoms with Gasteiger partial charge >= 0.3 is 0 Å². The molecule has 2 rings (SSSR count). The zero-order valence-electron chi connectivity index (χ0n) is 8.42. The maximum absolute atomic E-state index is 11.3. The van der Waals surface area contributed by atoms with Crippen LogP contribution >= 0.6 is 23.2 Å². The molecule has 4 nitrogen and oxygen atoms in total. The van der Waals surface area contributed by atoms with Gasteiger partial charge in [-0.2, -0.15) is 0 Å². The van der Waals surface area contributed by atoms with E-state index in [2.05, 4.69) is 5.32 Å². The lowest BCUT2D eigenvalue weighted by Crippen LogP contribution is -2.18. The molecule has 0 saturated carbocycles. The standard InChI is InChI=1S/C10H9Cl2NO3/c1-5-2-6(13-10(14)9(11)12)3-7-8(5)16-4-15-7/h2-3,9H,4H2,1H3,(H,13,14). The lowest BCUT2D eigenvalue weighted by atomic mass is 10.2. The van der Waals surface area contributed by atoms with E-state index >= 15 is 0 Å². The lowest BCUT2D eigenvalue weighted by Gasteiger charge is -2.08. The second-order valence-corrected chi connectivity index (χ2v) is 4.41. The van der Waals surface area contributed by atoms with Gasteiger partial charge in [-0.3, -0.25) is 4.79 Å². The molecule has 0 fully saturated rings. The number of hydrogen-bond acceptors (Lipinski definition) is 3. The van der Waals surface area contributed by atoms with Crippen LogP contribution in [-0.4, -0.2) is 17.5 Å². The number of aryl methyl sites for hydroxylation is 1. The third-order valence-corrected chi connectivity index (χ3v) is 2.52. The molecule has 0 aromatic heterocycles. The predicted molar refractivity (Wildman–Crippen MR) is 61.4 cm³/mol. The summed E-state index contributed by atoms with van der Waals surface area (Å²) in [5.74, 6) is 0.837. The molecule has 6 heteroatoms. The van der Waals surface area contributed by atoms with Crippen LogP contribution in [0.5, 0.6) is 11.5 Å². The van der Waals surface area contributed by atoms with E-state index in [0.717, 1.165) is 5.56 Å². The van der Waals surface area contributed by atoms with E-state index in [9.17, 15) is 4.79 Å². The Bertz CT molecular complexity index is 434. The number of ether oxygens (including phenoxy) is 2. The molecule has 0 bridgehead atoms. The first-order valence-corrected chi connectivity index (χ1v) is 5.44. The quantitative estimate of drug-likeness (QED) is 0.833. The van der Waals surface area contributed by atoms with Crippen LogP contribution in [0, 0.1) is 6.92 Å². The van der Waals surface area contributed by atoms with Gasteiger partial charge in [-0.15, -0.1) is 0 Å². The summed E-state index contributed by atoms with van der Waals surface area (Å²) in [6, 6.07) is 3.44. The van der Waals surface area contributed by atoms with Crippen molar-refractivity contribution in [3.05, 3.63) is 17.7 Å². The zero-order chi connectivity index (χ0) is 11.7. The van der Waals surface area contributed by atoms with Gasteiger partial charge < -0.3 is 14.8 Å².